The zero-order chi connectivity index (χ0) is 12.8. The van der Waals surface area contributed by atoms with Crippen LogP contribution in [0, 0.1) is 0 Å². The van der Waals surface area contributed by atoms with Crippen LogP contribution in [0.5, 0.6) is 0 Å². The van der Waals surface area contributed by atoms with Gasteiger partial charge in [-0.3, -0.25) is 0 Å². The molecule has 1 aromatic rings. The molecule has 0 spiro atoms. The van der Waals surface area contributed by atoms with Gasteiger partial charge in [0.2, 0.25) is 0 Å². The Bertz CT molecular complexity index is 344. The molecule has 1 saturated heterocycles. The predicted octanol–water partition coefficient (Wildman–Crippen LogP) is 2.43. The van der Waals surface area contributed by atoms with Gasteiger partial charge in [0.05, 0.1) is 13.2 Å². The lowest BCUT2D eigenvalue weighted by molar-refractivity contribution is 0.0731. The Morgan fingerprint density at radius 1 is 1.39 bits per heavy atom. The normalized spacial score (nSPS) is 21.6. The molecule has 2 atom stereocenters. The molecule has 1 aromatic carbocycles. The maximum atomic E-state index is 5.47. The summed E-state index contributed by atoms with van der Waals surface area (Å²) < 4.78 is 5.47. The van der Waals surface area contributed by atoms with E-state index in [1.165, 1.54) is 11.3 Å². The van der Waals surface area contributed by atoms with Crippen molar-refractivity contribution in [1.29, 1.82) is 0 Å². The number of rotatable bonds is 5. The number of anilines is 1. The van der Waals surface area contributed by atoms with Gasteiger partial charge in [0.1, 0.15) is 0 Å². The Kier molecular flexibility index (Phi) is 5.02. The minimum absolute atomic E-state index is 0.455. The van der Waals surface area contributed by atoms with E-state index in [9.17, 15) is 0 Å². The molecule has 0 amide bonds. The van der Waals surface area contributed by atoms with E-state index in [0.717, 1.165) is 32.6 Å². The molecule has 1 aliphatic heterocycles. The molecule has 1 heterocycles. The van der Waals surface area contributed by atoms with Crippen molar-refractivity contribution in [2.24, 2.45) is 0 Å². The van der Waals surface area contributed by atoms with Crippen LogP contribution in [0.2, 0.25) is 0 Å². The van der Waals surface area contributed by atoms with Gasteiger partial charge in [-0.15, -0.1) is 0 Å². The first-order valence-corrected chi connectivity index (χ1v) is 6.94. The summed E-state index contributed by atoms with van der Waals surface area (Å²) in [4.78, 5) is 0. The van der Waals surface area contributed by atoms with E-state index in [-0.39, 0.29) is 0 Å². The molecule has 3 heteroatoms. The molecule has 0 aromatic heterocycles. The van der Waals surface area contributed by atoms with Crippen molar-refractivity contribution in [1.82, 2.24) is 5.32 Å². The maximum Gasteiger partial charge on any atom is 0.0621 e. The number of benzene rings is 1. The Hall–Kier alpha value is -1.06. The van der Waals surface area contributed by atoms with Crippen molar-refractivity contribution in [3.05, 3.63) is 29.8 Å². The second-order valence-corrected chi connectivity index (χ2v) is 5.06. The van der Waals surface area contributed by atoms with E-state index >= 15 is 0 Å². The lowest BCUT2D eigenvalue weighted by Crippen LogP contribution is -2.43. The molecule has 18 heavy (non-hydrogen) atoms. The molecule has 2 N–H and O–H groups in total. The van der Waals surface area contributed by atoms with Crippen molar-refractivity contribution in [3.8, 4) is 0 Å². The molecule has 2 unspecified atom stereocenters. The molecule has 3 nitrogen and oxygen atoms in total. The first-order valence-electron chi connectivity index (χ1n) is 6.94. The average molecular weight is 248 g/mol. The molecular weight excluding hydrogens is 224 g/mol. The summed E-state index contributed by atoms with van der Waals surface area (Å²) in [5.41, 5.74) is 2.59. The fourth-order valence-electron chi connectivity index (χ4n) is 2.38. The van der Waals surface area contributed by atoms with Gasteiger partial charge < -0.3 is 15.4 Å². The van der Waals surface area contributed by atoms with Crippen molar-refractivity contribution in [3.63, 3.8) is 0 Å². The number of ether oxygens (including phenoxy) is 1. The minimum atomic E-state index is 0.455. The summed E-state index contributed by atoms with van der Waals surface area (Å²) in [5, 5.41) is 7.03. The van der Waals surface area contributed by atoms with Crippen molar-refractivity contribution >= 4 is 5.69 Å². The van der Waals surface area contributed by atoms with Crippen LogP contribution in [0.25, 0.3) is 0 Å². The molecule has 0 bridgehead atoms. The Morgan fingerprint density at radius 3 is 2.78 bits per heavy atom. The highest BCUT2D eigenvalue weighted by Crippen LogP contribution is 2.13. The van der Waals surface area contributed by atoms with Crippen molar-refractivity contribution in [2.75, 3.05) is 25.1 Å². The van der Waals surface area contributed by atoms with Gasteiger partial charge in [-0.1, -0.05) is 19.1 Å². The standard InChI is InChI=1S/C15H24N2O/c1-3-13-4-6-14(7-5-13)17-12(2)10-15-11-18-9-8-16-15/h4-7,12,15-17H,3,8-11H2,1-2H3. The Balaban J connectivity index is 1.80. The van der Waals surface area contributed by atoms with Gasteiger partial charge >= 0.3 is 0 Å². The average Bonchev–Trinajstić information content (AvgIpc) is 2.40. The summed E-state index contributed by atoms with van der Waals surface area (Å²) in [5.74, 6) is 0. The van der Waals surface area contributed by atoms with Crippen molar-refractivity contribution < 1.29 is 4.74 Å². The van der Waals surface area contributed by atoms with E-state index in [0.29, 0.717) is 12.1 Å². The summed E-state index contributed by atoms with van der Waals surface area (Å²) in [6, 6.07) is 9.65. The molecule has 1 aliphatic rings. The zero-order valence-corrected chi connectivity index (χ0v) is 11.4. The monoisotopic (exact) mass is 248 g/mol. The number of nitrogens with one attached hydrogen (secondary N) is 2. The van der Waals surface area contributed by atoms with Gasteiger partial charge in [0.15, 0.2) is 0 Å². The van der Waals surface area contributed by atoms with Gasteiger partial charge in [0, 0.05) is 24.3 Å². The number of hydrogen-bond donors (Lipinski definition) is 2. The predicted molar refractivity (Wildman–Crippen MR) is 76.1 cm³/mol. The van der Waals surface area contributed by atoms with Crippen LogP contribution in [-0.4, -0.2) is 31.8 Å². The highest BCUT2D eigenvalue weighted by Gasteiger charge is 2.15. The topological polar surface area (TPSA) is 33.3 Å². The quantitative estimate of drug-likeness (QED) is 0.839. The lowest BCUT2D eigenvalue weighted by Gasteiger charge is -2.27. The van der Waals surface area contributed by atoms with Crippen molar-refractivity contribution in [2.45, 2.75) is 38.8 Å². The van der Waals surface area contributed by atoms with Crippen LogP contribution in [0.4, 0.5) is 5.69 Å². The molecule has 0 radical (unpaired) electrons. The lowest BCUT2D eigenvalue weighted by atomic mass is 10.1. The smallest absolute Gasteiger partial charge is 0.0621 e. The fraction of sp³-hybridized carbons (Fsp3) is 0.600. The van der Waals surface area contributed by atoms with Crippen LogP contribution in [0.15, 0.2) is 24.3 Å². The van der Waals surface area contributed by atoms with Crippen LogP contribution >= 0.6 is 0 Å². The number of aryl methyl sites for hydroxylation is 1. The number of morpholine rings is 1. The summed E-state index contributed by atoms with van der Waals surface area (Å²) >= 11 is 0. The fourth-order valence-corrected chi connectivity index (χ4v) is 2.38. The van der Waals surface area contributed by atoms with Gasteiger partial charge in [-0.25, -0.2) is 0 Å². The summed E-state index contributed by atoms with van der Waals surface area (Å²) in [6.07, 6.45) is 2.19. The third-order valence-corrected chi connectivity index (χ3v) is 3.41. The second-order valence-electron chi connectivity index (χ2n) is 5.06. The summed E-state index contributed by atoms with van der Waals surface area (Å²) in [6.45, 7) is 7.06. The second kappa shape index (κ2) is 6.76. The highest BCUT2D eigenvalue weighted by molar-refractivity contribution is 5.45. The molecular formula is C15H24N2O. The zero-order valence-electron chi connectivity index (χ0n) is 11.4. The third-order valence-electron chi connectivity index (χ3n) is 3.41. The molecule has 1 fully saturated rings. The van der Waals surface area contributed by atoms with Crippen LogP contribution in [0.3, 0.4) is 0 Å². The van der Waals surface area contributed by atoms with E-state index in [4.69, 9.17) is 4.74 Å². The molecule has 2 rings (SSSR count). The van der Waals surface area contributed by atoms with Crippen LogP contribution in [-0.2, 0) is 11.2 Å². The molecule has 0 saturated carbocycles. The van der Waals surface area contributed by atoms with Crippen LogP contribution in [0.1, 0.15) is 25.8 Å². The van der Waals surface area contributed by atoms with Gasteiger partial charge in [-0.05, 0) is 37.5 Å². The largest absolute Gasteiger partial charge is 0.383 e. The summed E-state index contributed by atoms with van der Waals surface area (Å²) in [7, 11) is 0. The number of hydrogen-bond acceptors (Lipinski definition) is 3. The van der Waals surface area contributed by atoms with Gasteiger partial charge in [-0.2, -0.15) is 0 Å². The Labute approximate surface area is 110 Å². The van der Waals surface area contributed by atoms with E-state index in [2.05, 4.69) is 48.7 Å². The van der Waals surface area contributed by atoms with E-state index in [1.807, 2.05) is 0 Å². The highest BCUT2D eigenvalue weighted by atomic mass is 16.5. The molecule has 100 valence electrons. The molecule has 0 aliphatic carbocycles. The van der Waals surface area contributed by atoms with E-state index in [1.54, 1.807) is 0 Å². The third kappa shape index (κ3) is 4.00. The SMILES string of the molecule is CCc1ccc(NC(C)CC2COCCN2)cc1. The Morgan fingerprint density at radius 2 is 2.17 bits per heavy atom. The maximum absolute atomic E-state index is 5.47. The first-order chi connectivity index (χ1) is 8.78. The van der Waals surface area contributed by atoms with E-state index < -0.39 is 0 Å². The van der Waals surface area contributed by atoms with Gasteiger partial charge in [0.25, 0.3) is 0 Å². The van der Waals surface area contributed by atoms with Crippen LogP contribution < -0.4 is 10.6 Å². The first kappa shape index (κ1) is 13.4. The minimum Gasteiger partial charge on any atom is -0.383 e.